The fourth-order valence-electron chi connectivity index (χ4n) is 2.08. The first-order valence-electron chi connectivity index (χ1n) is 5.86. The Morgan fingerprint density at radius 1 is 1.25 bits per heavy atom. The number of benzene rings is 1. The molecule has 0 amide bonds. The molecule has 0 aromatic heterocycles. The first-order chi connectivity index (χ1) is 7.42. The topological polar surface area (TPSA) is 26.0 Å². The number of rotatable bonds is 5. The van der Waals surface area contributed by atoms with Crippen LogP contribution in [0.3, 0.4) is 0 Å². The lowest BCUT2D eigenvalue weighted by Crippen LogP contribution is -2.29. The Kier molecular flexibility index (Phi) is 4.68. The fourth-order valence-corrected chi connectivity index (χ4v) is 4.12. The highest BCUT2D eigenvalue weighted by Crippen LogP contribution is 2.21. The van der Waals surface area contributed by atoms with E-state index in [0.29, 0.717) is 12.5 Å². The molecule has 90 valence electrons. The summed E-state index contributed by atoms with van der Waals surface area (Å²) in [4.78, 5) is 0. The highest BCUT2D eigenvalue weighted by molar-refractivity contribution is 6.76. The summed E-state index contributed by atoms with van der Waals surface area (Å²) in [5, 5.41) is 0. The number of hydrogen-bond donors (Lipinski definition) is 1. The van der Waals surface area contributed by atoms with Crippen LogP contribution in [-0.4, -0.2) is 14.6 Å². The third-order valence-corrected chi connectivity index (χ3v) is 4.50. The van der Waals surface area contributed by atoms with Gasteiger partial charge in [-0.3, -0.25) is 0 Å². The van der Waals surface area contributed by atoms with E-state index in [4.69, 9.17) is 5.73 Å². The quantitative estimate of drug-likeness (QED) is 0.784. The van der Waals surface area contributed by atoms with Gasteiger partial charge in [-0.25, -0.2) is 4.39 Å². The minimum absolute atomic E-state index is 0.100. The lowest BCUT2D eigenvalue weighted by atomic mass is 10.0. The van der Waals surface area contributed by atoms with Crippen molar-refractivity contribution in [2.45, 2.75) is 32.1 Å². The molecule has 0 saturated carbocycles. The van der Waals surface area contributed by atoms with Crippen LogP contribution in [-0.2, 0) is 6.42 Å². The molecule has 16 heavy (non-hydrogen) atoms. The van der Waals surface area contributed by atoms with Crippen LogP contribution in [0.1, 0.15) is 5.56 Å². The van der Waals surface area contributed by atoms with E-state index in [2.05, 4.69) is 19.6 Å². The van der Waals surface area contributed by atoms with Gasteiger partial charge in [-0.2, -0.15) is 0 Å². The van der Waals surface area contributed by atoms with Gasteiger partial charge < -0.3 is 5.73 Å². The highest BCUT2D eigenvalue weighted by atomic mass is 28.3. The lowest BCUT2D eigenvalue weighted by molar-refractivity contribution is 0.547. The minimum atomic E-state index is -1.11. The Morgan fingerprint density at radius 2 is 1.88 bits per heavy atom. The van der Waals surface area contributed by atoms with Gasteiger partial charge in [0, 0.05) is 8.07 Å². The summed E-state index contributed by atoms with van der Waals surface area (Å²) in [5.74, 6) is 0.320. The van der Waals surface area contributed by atoms with Gasteiger partial charge >= 0.3 is 0 Å². The van der Waals surface area contributed by atoms with Gasteiger partial charge in [0.2, 0.25) is 0 Å². The number of halogens is 1. The van der Waals surface area contributed by atoms with E-state index in [1.165, 1.54) is 6.07 Å². The second-order valence-corrected chi connectivity index (χ2v) is 11.2. The van der Waals surface area contributed by atoms with Gasteiger partial charge in [0.05, 0.1) is 0 Å². The average molecular weight is 239 g/mol. The molecule has 0 aliphatic rings. The zero-order chi connectivity index (χ0) is 12.2. The Morgan fingerprint density at radius 3 is 2.38 bits per heavy atom. The zero-order valence-electron chi connectivity index (χ0n) is 10.5. The van der Waals surface area contributed by atoms with Crippen molar-refractivity contribution in [1.82, 2.24) is 0 Å². The second-order valence-electron chi connectivity index (χ2n) is 5.66. The Bertz CT molecular complexity index is 333. The molecule has 0 radical (unpaired) electrons. The largest absolute Gasteiger partial charge is 0.330 e. The molecule has 1 nitrogen and oxygen atoms in total. The lowest BCUT2D eigenvalue weighted by Gasteiger charge is -2.23. The molecule has 2 N–H and O–H groups in total. The monoisotopic (exact) mass is 239 g/mol. The summed E-state index contributed by atoms with van der Waals surface area (Å²) >= 11 is 0. The van der Waals surface area contributed by atoms with Crippen LogP contribution < -0.4 is 5.73 Å². The molecule has 0 fully saturated rings. The van der Waals surface area contributed by atoms with Gasteiger partial charge in [-0.05, 0) is 30.5 Å². The SMILES string of the molecule is C[Si](C)(C)CC(CN)Cc1ccccc1F. The molecule has 1 atom stereocenters. The standard InChI is InChI=1S/C13H22FNSi/c1-16(2,3)10-11(9-15)8-12-6-4-5-7-13(12)14/h4-7,11H,8-10,15H2,1-3H3. The normalized spacial score (nSPS) is 13.8. The Hall–Kier alpha value is -0.673. The molecular weight excluding hydrogens is 217 g/mol. The molecule has 0 bridgehead atoms. The van der Waals surface area contributed by atoms with E-state index in [-0.39, 0.29) is 5.82 Å². The predicted molar refractivity (Wildman–Crippen MR) is 70.8 cm³/mol. The van der Waals surface area contributed by atoms with Crippen LogP contribution >= 0.6 is 0 Å². The van der Waals surface area contributed by atoms with Crippen molar-refractivity contribution in [1.29, 1.82) is 0 Å². The van der Waals surface area contributed by atoms with E-state index >= 15 is 0 Å². The van der Waals surface area contributed by atoms with E-state index in [1.807, 2.05) is 12.1 Å². The molecule has 1 aromatic rings. The van der Waals surface area contributed by atoms with Crippen molar-refractivity contribution in [2.24, 2.45) is 11.7 Å². The second kappa shape index (κ2) is 5.59. The maximum atomic E-state index is 13.5. The predicted octanol–water partition coefficient (Wildman–Crippen LogP) is 3.28. The van der Waals surface area contributed by atoms with Crippen LogP contribution in [0, 0.1) is 11.7 Å². The van der Waals surface area contributed by atoms with Crippen LogP contribution in [0.4, 0.5) is 4.39 Å². The maximum absolute atomic E-state index is 13.5. The highest BCUT2D eigenvalue weighted by Gasteiger charge is 2.20. The smallest absolute Gasteiger partial charge is 0.126 e. The summed E-state index contributed by atoms with van der Waals surface area (Å²) in [7, 11) is -1.11. The first kappa shape index (κ1) is 13.4. The summed E-state index contributed by atoms with van der Waals surface area (Å²) in [6.45, 7) is 7.64. The first-order valence-corrected chi connectivity index (χ1v) is 9.56. The number of hydrogen-bond acceptors (Lipinski definition) is 1. The maximum Gasteiger partial charge on any atom is 0.126 e. The Balaban J connectivity index is 2.67. The third kappa shape index (κ3) is 4.45. The fraction of sp³-hybridized carbons (Fsp3) is 0.538. The van der Waals surface area contributed by atoms with Crippen LogP contribution in [0.2, 0.25) is 25.7 Å². The molecule has 3 heteroatoms. The zero-order valence-corrected chi connectivity index (χ0v) is 11.5. The third-order valence-electron chi connectivity index (χ3n) is 2.70. The van der Waals surface area contributed by atoms with Crippen LogP contribution in [0.5, 0.6) is 0 Å². The van der Waals surface area contributed by atoms with Crippen molar-refractivity contribution < 1.29 is 4.39 Å². The Labute approximate surface area is 98.9 Å². The van der Waals surface area contributed by atoms with Crippen molar-refractivity contribution >= 4 is 8.07 Å². The summed E-state index contributed by atoms with van der Waals surface area (Å²) in [6, 6.07) is 8.17. The molecule has 1 aromatic carbocycles. The molecule has 0 spiro atoms. The van der Waals surface area contributed by atoms with Gasteiger partial charge in [-0.15, -0.1) is 0 Å². The van der Waals surface area contributed by atoms with Gasteiger partial charge in [0.1, 0.15) is 5.82 Å². The summed E-state index contributed by atoms with van der Waals surface area (Å²) in [5.41, 5.74) is 6.58. The van der Waals surface area contributed by atoms with Crippen molar-refractivity contribution in [3.8, 4) is 0 Å². The summed E-state index contributed by atoms with van der Waals surface area (Å²) in [6.07, 6.45) is 0.771. The van der Waals surface area contributed by atoms with Gasteiger partial charge in [-0.1, -0.05) is 43.9 Å². The molecule has 1 rings (SSSR count). The van der Waals surface area contributed by atoms with Gasteiger partial charge in [0.25, 0.3) is 0 Å². The van der Waals surface area contributed by atoms with E-state index in [1.54, 1.807) is 6.07 Å². The van der Waals surface area contributed by atoms with E-state index in [9.17, 15) is 4.39 Å². The van der Waals surface area contributed by atoms with Gasteiger partial charge in [0.15, 0.2) is 0 Å². The van der Waals surface area contributed by atoms with Crippen LogP contribution in [0.15, 0.2) is 24.3 Å². The molecule has 0 aliphatic heterocycles. The van der Waals surface area contributed by atoms with Crippen molar-refractivity contribution in [3.05, 3.63) is 35.6 Å². The molecule has 1 unspecified atom stereocenters. The number of nitrogens with two attached hydrogens (primary N) is 1. The molecule has 0 saturated heterocycles. The van der Waals surface area contributed by atoms with Crippen molar-refractivity contribution in [3.63, 3.8) is 0 Å². The average Bonchev–Trinajstić information content (AvgIpc) is 2.18. The van der Waals surface area contributed by atoms with Crippen molar-refractivity contribution in [2.75, 3.05) is 6.54 Å². The molecule has 0 aliphatic carbocycles. The minimum Gasteiger partial charge on any atom is -0.330 e. The summed E-state index contributed by atoms with van der Waals surface area (Å²) < 4.78 is 13.5. The van der Waals surface area contributed by atoms with E-state index in [0.717, 1.165) is 18.0 Å². The van der Waals surface area contributed by atoms with E-state index < -0.39 is 8.07 Å². The molecule has 0 heterocycles. The van der Waals surface area contributed by atoms with Crippen LogP contribution in [0.25, 0.3) is 0 Å². The molecular formula is C13H22FNSi.